The lowest BCUT2D eigenvalue weighted by molar-refractivity contribution is -0.115. The summed E-state index contributed by atoms with van der Waals surface area (Å²) in [6.45, 7) is 0. The van der Waals surface area contributed by atoms with Crippen molar-refractivity contribution in [3.8, 4) is 0 Å². The fraction of sp³-hybridized carbons (Fsp3) is 0.133. The number of nitrogens with one attached hydrogen (secondary N) is 1. The molecule has 7 heteroatoms. The number of sulfonamides is 1. The van der Waals surface area contributed by atoms with Gasteiger partial charge in [-0.3, -0.25) is 4.79 Å². The SMILES string of the molecule is CSC(C(=O)Nc1cccc(S(N)(=O)=O)c1)c1ccccc1. The Hall–Kier alpha value is -1.83. The molecule has 116 valence electrons. The molecule has 0 heterocycles. The van der Waals surface area contributed by atoms with Crippen molar-refractivity contribution in [2.24, 2.45) is 5.14 Å². The van der Waals surface area contributed by atoms with Gasteiger partial charge >= 0.3 is 0 Å². The molecular formula is C15H16N2O3S2. The second kappa shape index (κ2) is 6.95. The van der Waals surface area contributed by atoms with Crippen LogP contribution in [0.25, 0.3) is 0 Å². The number of carbonyl (C=O) groups is 1. The monoisotopic (exact) mass is 336 g/mol. The second-order valence-electron chi connectivity index (χ2n) is 4.59. The maximum absolute atomic E-state index is 12.4. The van der Waals surface area contributed by atoms with Gasteiger partial charge in [-0.25, -0.2) is 13.6 Å². The zero-order valence-corrected chi connectivity index (χ0v) is 13.5. The van der Waals surface area contributed by atoms with Gasteiger partial charge in [0.05, 0.1) is 4.90 Å². The van der Waals surface area contributed by atoms with Gasteiger partial charge in [0.15, 0.2) is 0 Å². The Morgan fingerprint density at radius 3 is 2.41 bits per heavy atom. The lowest BCUT2D eigenvalue weighted by Gasteiger charge is -2.15. The van der Waals surface area contributed by atoms with E-state index in [1.807, 2.05) is 36.6 Å². The first kappa shape index (κ1) is 16.5. The first-order valence-electron chi connectivity index (χ1n) is 6.43. The Morgan fingerprint density at radius 2 is 1.82 bits per heavy atom. The first-order valence-corrected chi connectivity index (χ1v) is 9.26. The van der Waals surface area contributed by atoms with Crippen molar-refractivity contribution in [2.45, 2.75) is 10.1 Å². The predicted molar refractivity (Wildman–Crippen MR) is 89.1 cm³/mol. The molecule has 3 N–H and O–H groups in total. The quantitative estimate of drug-likeness (QED) is 0.877. The number of rotatable bonds is 5. The van der Waals surface area contributed by atoms with Gasteiger partial charge in [0.2, 0.25) is 15.9 Å². The van der Waals surface area contributed by atoms with Gasteiger partial charge < -0.3 is 5.32 Å². The summed E-state index contributed by atoms with van der Waals surface area (Å²) in [5.41, 5.74) is 1.28. The van der Waals surface area contributed by atoms with Crippen LogP contribution in [0.1, 0.15) is 10.8 Å². The van der Waals surface area contributed by atoms with E-state index in [1.165, 1.54) is 30.0 Å². The van der Waals surface area contributed by atoms with Gasteiger partial charge in [-0.2, -0.15) is 0 Å². The molecule has 0 aromatic heterocycles. The van der Waals surface area contributed by atoms with E-state index in [1.54, 1.807) is 6.07 Å². The summed E-state index contributed by atoms with van der Waals surface area (Å²) in [5.74, 6) is -0.217. The van der Waals surface area contributed by atoms with Gasteiger partial charge in [0.1, 0.15) is 5.25 Å². The lowest BCUT2D eigenvalue weighted by Crippen LogP contribution is -2.19. The molecule has 0 fully saturated rings. The first-order chi connectivity index (χ1) is 10.4. The fourth-order valence-corrected chi connectivity index (χ4v) is 3.24. The van der Waals surface area contributed by atoms with Crippen molar-refractivity contribution in [2.75, 3.05) is 11.6 Å². The van der Waals surface area contributed by atoms with Crippen LogP contribution in [-0.2, 0) is 14.8 Å². The molecule has 5 nitrogen and oxygen atoms in total. The maximum Gasteiger partial charge on any atom is 0.241 e. The number of benzene rings is 2. The highest BCUT2D eigenvalue weighted by Crippen LogP contribution is 2.28. The number of amides is 1. The Kier molecular flexibility index (Phi) is 5.23. The summed E-state index contributed by atoms with van der Waals surface area (Å²) in [6.07, 6.45) is 1.85. The van der Waals surface area contributed by atoms with Gasteiger partial charge in [-0.05, 0) is 30.0 Å². The van der Waals surface area contributed by atoms with E-state index in [-0.39, 0.29) is 16.1 Å². The summed E-state index contributed by atoms with van der Waals surface area (Å²) >= 11 is 1.41. The molecule has 1 amide bonds. The smallest absolute Gasteiger partial charge is 0.241 e. The second-order valence-corrected chi connectivity index (χ2v) is 7.09. The van der Waals surface area contributed by atoms with Crippen LogP contribution < -0.4 is 10.5 Å². The van der Waals surface area contributed by atoms with Crippen LogP contribution in [0.4, 0.5) is 5.69 Å². The minimum atomic E-state index is -3.80. The molecule has 2 aromatic carbocycles. The van der Waals surface area contributed by atoms with E-state index in [9.17, 15) is 13.2 Å². The third-order valence-electron chi connectivity index (χ3n) is 3.01. The molecular weight excluding hydrogens is 320 g/mol. The Labute approximate surface area is 134 Å². The number of anilines is 1. The van der Waals surface area contributed by atoms with Gasteiger partial charge in [0.25, 0.3) is 0 Å². The molecule has 1 atom stereocenters. The average molecular weight is 336 g/mol. The molecule has 22 heavy (non-hydrogen) atoms. The summed E-state index contributed by atoms with van der Waals surface area (Å²) < 4.78 is 22.7. The largest absolute Gasteiger partial charge is 0.325 e. The third-order valence-corrected chi connectivity index (χ3v) is 4.87. The van der Waals surface area contributed by atoms with Gasteiger partial charge in [-0.15, -0.1) is 11.8 Å². The molecule has 1 unspecified atom stereocenters. The van der Waals surface area contributed by atoms with Crippen molar-refractivity contribution < 1.29 is 13.2 Å². The minimum absolute atomic E-state index is 0.0364. The van der Waals surface area contributed by atoms with Gasteiger partial charge in [0, 0.05) is 5.69 Å². The van der Waals surface area contributed by atoms with Crippen LogP contribution in [0.5, 0.6) is 0 Å². The van der Waals surface area contributed by atoms with Crippen LogP contribution in [0, 0.1) is 0 Å². The lowest BCUT2D eigenvalue weighted by atomic mass is 10.1. The molecule has 0 aliphatic heterocycles. The van der Waals surface area contributed by atoms with Gasteiger partial charge in [-0.1, -0.05) is 36.4 Å². The van der Waals surface area contributed by atoms with Crippen LogP contribution in [0.2, 0.25) is 0 Å². The molecule has 0 radical (unpaired) electrons. The van der Waals surface area contributed by atoms with Crippen molar-refractivity contribution in [3.63, 3.8) is 0 Å². The number of nitrogens with two attached hydrogens (primary N) is 1. The third kappa shape index (κ3) is 4.09. The van der Waals surface area contributed by atoms with Crippen LogP contribution in [-0.4, -0.2) is 20.6 Å². The van der Waals surface area contributed by atoms with E-state index < -0.39 is 10.0 Å². The predicted octanol–water partition coefficient (Wildman–Crippen LogP) is 2.38. The number of thioether (sulfide) groups is 1. The molecule has 0 bridgehead atoms. The van der Waals surface area contributed by atoms with E-state index in [0.29, 0.717) is 5.69 Å². The zero-order valence-electron chi connectivity index (χ0n) is 11.9. The molecule has 0 aliphatic carbocycles. The number of primary sulfonamides is 1. The highest BCUT2D eigenvalue weighted by molar-refractivity contribution is 7.99. The molecule has 0 saturated heterocycles. The van der Waals surface area contributed by atoms with E-state index >= 15 is 0 Å². The summed E-state index contributed by atoms with van der Waals surface area (Å²) in [4.78, 5) is 12.4. The van der Waals surface area contributed by atoms with Crippen molar-refractivity contribution in [1.82, 2.24) is 0 Å². The van der Waals surface area contributed by atoms with Crippen LogP contribution in [0.15, 0.2) is 59.5 Å². The highest BCUT2D eigenvalue weighted by Gasteiger charge is 2.19. The topological polar surface area (TPSA) is 89.3 Å². The minimum Gasteiger partial charge on any atom is -0.325 e. The standard InChI is InChI=1S/C15H16N2O3S2/c1-21-14(11-6-3-2-4-7-11)15(18)17-12-8-5-9-13(10-12)22(16,19)20/h2-10,14H,1H3,(H,17,18)(H2,16,19,20). The Morgan fingerprint density at radius 1 is 1.14 bits per heavy atom. The average Bonchev–Trinajstić information content (AvgIpc) is 2.48. The van der Waals surface area contributed by atoms with Crippen molar-refractivity contribution in [3.05, 3.63) is 60.2 Å². The number of hydrogen-bond donors (Lipinski definition) is 2. The Balaban J connectivity index is 2.21. The fourth-order valence-electron chi connectivity index (χ4n) is 1.98. The van der Waals surface area contributed by atoms with E-state index in [0.717, 1.165) is 5.56 Å². The molecule has 0 spiro atoms. The molecule has 2 aromatic rings. The van der Waals surface area contributed by atoms with E-state index in [4.69, 9.17) is 5.14 Å². The summed E-state index contributed by atoms with van der Waals surface area (Å²) in [7, 11) is -3.80. The van der Waals surface area contributed by atoms with Crippen molar-refractivity contribution >= 4 is 33.4 Å². The molecule has 2 rings (SSSR count). The van der Waals surface area contributed by atoms with E-state index in [2.05, 4.69) is 5.32 Å². The summed E-state index contributed by atoms with van der Waals surface area (Å²) in [6, 6.07) is 15.3. The normalized spacial score (nSPS) is 12.6. The van der Waals surface area contributed by atoms with Crippen LogP contribution >= 0.6 is 11.8 Å². The van der Waals surface area contributed by atoms with Crippen LogP contribution in [0.3, 0.4) is 0 Å². The maximum atomic E-state index is 12.4. The number of carbonyl (C=O) groups excluding carboxylic acids is 1. The molecule has 0 aliphatic rings. The zero-order chi connectivity index (χ0) is 16.2. The van der Waals surface area contributed by atoms with Crippen molar-refractivity contribution in [1.29, 1.82) is 0 Å². The Bertz CT molecular complexity index is 761. The molecule has 0 saturated carbocycles. The highest BCUT2D eigenvalue weighted by atomic mass is 32.2. The summed E-state index contributed by atoms with van der Waals surface area (Å²) in [5, 5.41) is 7.44. The number of hydrogen-bond acceptors (Lipinski definition) is 4.